The zero-order valence-corrected chi connectivity index (χ0v) is 14.2. The Morgan fingerprint density at radius 1 is 1.26 bits per heavy atom. The van der Waals surface area contributed by atoms with Gasteiger partial charge in [0.1, 0.15) is 11.3 Å². The zero-order chi connectivity index (χ0) is 16.7. The molecule has 0 saturated carbocycles. The van der Waals surface area contributed by atoms with Crippen molar-refractivity contribution in [2.24, 2.45) is 0 Å². The summed E-state index contributed by atoms with van der Waals surface area (Å²) in [6, 6.07) is 8.05. The number of carbonyl (C=O) groups is 1. The summed E-state index contributed by atoms with van der Waals surface area (Å²) < 4.78 is 6.01. The first-order valence-corrected chi connectivity index (χ1v) is 8.21. The molecule has 1 amide bonds. The monoisotopic (exact) mass is 311 g/mol. The van der Waals surface area contributed by atoms with Crippen LogP contribution in [0, 0.1) is 0 Å². The van der Waals surface area contributed by atoms with Gasteiger partial charge in [0, 0.05) is 37.0 Å². The Kier molecular flexibility index (Phi) is 6.21. The van der Waals surface area contributed by atoms with Crippen molar-refractivity contribution in [2.75, 3.05) is 7.05 Å². The number of aryl methyl sites for hydroxylation is 1. The summed E-state index contributed by atoms with van der Waals surface area (Å²) in [4.78, 5) is 13.9. The SMILES string of the molecule is C/C=C/C=C/C(=O)N(C)Cc1c(CCCC)oc2ccccc12. The second kappa shape index (κ2) is 8.37. The molecule has 23 heavy (non-hydrogen) atoms. The lowest BCUT2D eigenvalue weighted by molar-refractivity contribution is -0.125. The van der Waals surface area contributed by atoms with E-state index in [4.69, 9.17) is 4.42 Å². The minimum absolute atomic E-state index is 0.00479. The van der Waals surface area contributed by atoms with E-state index in [0.29, 0.717) is 6.54 Å². The molecule has 0 radical (unpaired) electrons. The fourth-order valence-electron chi connectivity index (χ4n) is 2.55. The first-order valence-electron chi connectivity index (χ1n) is 8.21. The topological polar surface area (TPSA) is 33.5 Å². The molecule has 0 aliphatic rings. The maximum absolute atomic E-state index is 12.2. The fourth-order valence-corrected chi connectivity index (χ4v) is 2.55. The number of rotatable bonds is 7. The van der Waals surface area contributed by atoms with E-state index in [1.807, 2.05) is 44.3 Å². The Labute approximate surface area is 138 Å². The summed E-state index contributed by atoms with van der Waals surface area (Å²) in [6.07, 6.45) is 10.2. The highest BCUT2D eigenvalue weighted by molar-refractivity contribution is 5.88. The molecular weight excluding hydrogens is 286 g/mol. The molecule has 1 heterocycles. The van der Waals surface area contributed by atoms with E-state index in [1.165, 1.54) is 0 Å². The van der Waals surface area contributed by atoms with Crippen LogP contribution < -0.4 is 0 Å². The molecule has 2 rings (SSSR count). The number of amides is 1. The van der Waals surface area contributed by atoms with Crippen LogP contribution in [0.25, 0.3) is 11.0 Å². The van der Waals surface area contributed by atoms with Crippen molar-refractivity contribution in [3.63, 3.8) is 0 Å². The quantitative estimate of drug-likeness (QED) is 0.540. The van der Waals surface area contributed by atoms with Crippen molar-refractivity contribution in [3.8, 4) is 0 Å². The van der Waals surface area contributed by atoms with Crippen molar-refractivity contribution in [1.82, 2.24) is 4.90 Å². The third-order valence-corrected chi connectivity index (χ3v) is 3.85. The Balaban J connectivity index is 2.24. The van der Waals surface area contributed by atoms with Crippen molar-refractivity contribution in [3.05, 3.63) is 59.9 Å². The lowest BCUT2D eigenvalue weighted by Crippen LogP contribution is -2.24. The molecule has 122 valence electrons. The van der Waals surface area contributed by atoms with Crippen LogP contribution in [0.3, 0.4) is 0 Å². The van der Waals surface area contributed by atoms with Crippen LogP contribution in [-0.2, 0) is 17.8 Å². The van der Waals surface area contributed by atoms with Gasteiger partial charge in [-0.1, -0.05) is 49.8 Å². The van der Waals surface area contributed by atoms with Gasteiger partial charge in [-0.05, 0) is 19.4 Å². The van der Waals surface area contributed by atoms with E-state index in [2.05, 4.69) is 13.0 Å². The van der Waals surface area contributed by atoms with Gasteiger partial charge in [-0.2, -0.15) is 0 Å². The normalized spacial score (nSPS) is 11.8. The third-order valence-electron chi connectivity index (χ3n) is 3.85. The molecule has 0 unspecified atom stereocenters. The number of hydrogen-bond acceptors (Lipinski definition) is 2. The molecule has 0 N–H and O–H groups in total. The van der Waals surface area contributed by atoms with Crippen LogP contribution in [0.2, 0.25) is 0 Å². The molecule has 0 bridgehead atoms. The number of likely N-dealkylation sites (N-methyl/N-ethyl adjacent to an activating group) is 1. The smallest absolute Gasteiger partial charge is 0.246 e. The van der Waals surface area contributed by atoms with Gasteiger partial charge < -0.3 is 9.32 Å². The molecule has 0 spiro atoms. The van der Waals surface area contributed by atoms with Gasteiger partial charge >= 0.3 is 0 Å². The Bertz CT molecular complexity index is 710. The van der Waals surface area contributed by atoms with E-state index in [-0.39, 0.29) is 5.91 Å². The summed E-state index contributed by atoms with van der Waals surface area (Å²) in [5, 5.41) is 1.11. The van der Waals surface area contributed by atoms with Gasteiger partial charge in [-0.15, -0.1) is 0 Å². The Hall–Kier alpha value is -2.29. The minimum Gasteiger partial charge on any atom is -0.461 e. The molecule has 1 aromatic heterocycles. The molecular formula is C20H25NO2. The lowest BCUT2D eigenvalue weighted by Gasteiger charge is -2.15. The van der Waals surface area contributed by atoms with Crippen molar-refractivity contribution in [2.45, 2.75) is 39.7 Å². The van der Waals surface area contributed by atoms with Gasteiger partial charge in [-0.25, -0.2) is 0 Å². The van der Waals surface area contributed by atoms with Gasteiger partial charge in [-0.3, -0.25) is 4.79 Å². The largest absolute Gasteiger partial charge is 0.461 e. The molecule has 0 aliphatic carbocycles. The number of benzene rings is 1. The Morgan fingerprint density at radius 2 is 2.04 bits per heavy atom. The van der Waals surface area contributed by atoms with E-state index in [9.17, 15) is 4.79 Å². The highest BCUT2D eigenvalue weighted by Crippen LogP contribution is 2.28. The van der Waals surface area contributed by atoms with Crippen LogP contribution in [0.5, 0.6) is 0 Å². The molecule has 0 fully saturated rings. The standard InChI is InChI=1S/C20H25NO2/c1-4-6-8-14-20(22)21(3)15-17-16-11-9-10-13-18(16)23-19(17)12-7-5-2/h4,6,8-11,13-14H,5,7,12,15H2,1-3H3/b6-4+,14-8+. The average molecular weight is 311 g/mol. The van der Waals surface area contributed by atoms with Gasteiger partial charge in [0.2, 0.25) is 5.91 Å². The van der Waals surface area contributed by atoms with Gasteiger partial charge in [0.05, 0.1) is 0 Å². The van der Waals surface area contributed by atoms with Crippen LogP contribution in [0.4, 0.5) is 0 Å². The summed E-state index contributed by atoms with van der Waals surface area (Å²) in [6.45, 7) is 4.66. The number of carbonyl (C=O) groups excluding carboxylic acids is 1. The highest BCUT2D eigenvalue weighted by atomic mass is 16.3. The number of fused-ring (bicyclic) bond motifs is 1. The van der Waals surface area contributed by atoms with Crippen LogP contribution in [0.1, 0.15) is 38.0 Å². The number of nitrogens with zero attached hydrogens (tertiary/aromatic N) is 1. The van der Waals surface area contributed by atoms with Crippen LogP contribution in [-0.4, -0.2) is 17.9 Å². The predicted molar refractivity (Wildman–Crippen MR) is 95.3 cm³/mol. The number of unbranched alkanes of at least 4 members (excludes halogenated alkanes) is 1. The van der Waals surface area contributed by atoms with E-state index >= 15 is 0 Å². The maximum atomic E-state index is 12.2. The number of allylic oxidation sites excluding steroid dienone is 3. The zero-order valence-electron chi connectivity index (χ0n) is 14.2. The average Bonchev–Trinajstić information content (AvgIpc) is 2.90. The fraction of sp³-hybridized carbons (Fsp3) is 0.350. The van der Waals surface area contributed by atoms with Crippen molar-refractivity contribution in [1.29, 1.82) is 0 Å². The van der Waals surface area contributed by atoms with Crippen molar-refractivity contribution < 1.29 is 9.21 Å². The third kappa shape index (κ3) is 4.35. The lowest BCUT2D eigenvalue weighted by atomic mass is 10.1. The summed E-state index contributed by atoms with van der Waals surface area (Å²) in [5.74, 6) is 1.000. The first-order chi connectivity index (χ1) is 11.2. The van der Waals surface area contributed by atoms with Gasteiger partial charge in [0.25, 0.3) is 0 Å². The number of hydrogen-bond donors (Lipinski definition) is 0. The summed E-state index contributed by atoms with van der Waals surface area (Å²) in [5.41, 5.74) is 2.03. The number of para-hydroxylation sites is 1. The summed E-state index contributed by atoms with van der Waals surface area (Å²) >= 11 is 0. The molecule has 0 atom stereocenters. The van der Waals surface area contributed by atoms with Crippen LogP contribution >= 0.6 is 0 Å². The highest BCUT2D eigenvalue weighted by Gasteiger charge is 2.16. The predicted octanol–water partition coefficient (Wildman–Crippen LogP) is 4.87. The van der Waals surface area contributed by atoms with E-state index in [1.54, 1.807) is 17.1 Å². The molecule has 3 nitrogen and oxygen atoms in total. The molecule has 0 aliphatic heterocycles. The molecule has 1 aromatic carbocycles. The minimum atomic E-state index is -0.00479. The molecule has 0 saturated heterocycles. The van der Waals surface area contributed by atoms with Crippen LogP contribution in [0.15, 0.2) is 53.0 Å². The molecule has 3 heteroatoms. The van der Waals surface area contributed by atoms with Crippen molar-refractivity contribution >= 4 is 16.9 Å². The Morgan fingerprint density at radius 3 is 2.78 bits per heavy atom. The second-order valence-electron chi connectivity index (χ2n) is 5.68. The van der Waals surface area contributed by atoms with E-state index < -0.39 is 0 Å². The maximum Gasteiger partial charge on any atom is 0.246 e. The molecule has 2 aromatic rings. The number of furan rings is 1. The summed E-state index contributed by atoms with van der Waals surface area (Å²) in [7, 11) is 1.83. The van der Waals surface area contributed by atoms with Gasteiger partial charge in [0.15, 0.2) is 0 Å². The van der Waals surface area contributed by atoms with E-state index in [0.717, 1.165) is 41.6 Å². The second-order valence-corrected chi connectivity index (χ2v) is 5.68. The first kappa shape index (κ1) is 17.1.